The molecule has 0 bridgehead atoms. The summed E-state index contributed by atoms with van der Waals surface area (Å²) >= 11 is 0. The van der Waals surface area contributed by atoms with Gasteiger partial charge in [0.25, 0.3) is 0 Å². The zero-order valence-corrected chi connectivity index (χ0v) is 6.90. The maximum absolute atomic E-state index is 10.9. The molecule has 0 saturated carbocycles. The lowest BCUT2D eigenvalue weighted by atomic mass is 10.2. The Morgan fingerprint density at radius 3 is 2.50 bits per heavy atom. The summed E-state index contributed by atoms with van der Waals surface area (Å²) < 4.78 is 0. The van der Waals surface area contributed by atoms with E-state index in [1.807, 2.05) is 13.8 Å². The Morgan fingerprint density at radius 1 is 1.70 bits per heavy atom. The lowest BCUT2D eigenvalue weighted by Crippen LogP contribution is -2.32. The van der Waals surface area contributed by atoms with Crippen LogP contribution in [0.15, 0.2) is 12.2 Å². The van der Waals surface area contributed by atoms with Crippen LogP contribution in [0, 0.1) is 0 Å². The van der Waals surface area contributed by atoms with Crippen molar-refractivity contribution in [3.63, 3.8) is 0 Å². The van der Waals surface area contributed by atoms with Gasteiger partial charge in [-0.25, -0.2) is 0 Å². The van der Waals surface area contributed by atoms with E-state index in [-0.39, 0.29) is 11.9 Å². The molecule has 2 nitrogen and oxygen atoms in total. The minimum atomic E-state index is -0.0469. The second-order valence-electron chi connectivity index (χ2n) is 2.56. The highest BCUT2D eigenvalue weighted by molar-refractivity contribution is 5.92. The fraction of sp³-hybridized carbons (Fsp3) is 0.625. The van der Waals surface area contributed by atoms with E-state index < -0.39 is 0 Å². The second-order valence-corrected chi connectivity index (χ2v) is 2.56. The van der Waals surface area contributed by atoms with Gasteiger partial charge in [0.1, 0.15) is 0 Å². The van der Waals surface area contributed by atoms with Crippen molar-refractivity contribution in [1.82, 2.24) is 5.32 Å². The minimum absolute atomic E-state index is 0.0469. The standard InChI is InChI=1S/C8H15NO/c1-5-7(4)9-8(10)6(2)3/h7H,2,5H2,1,3-4H3,(H,9,10). The van der Waals surface area contributed by atoms with Crippen molar-refractivity contribution in [2.45, 2.75) is 33.2 Å². The highest BCUT2D eigenvalue weighted by Gasteiger charge is 2.03. The van der Waals surface area contributed by atoms with E-state index in [4.69, 9.17) is 0 Å². The Kier molecular flexibility index (Phi) is 3.77. The molecule has 1 amide bonds. The normalized spacial score (nSPS) is 12.3. The number of carbonyl (C=O) groups excluding carboxylic acids is 1. The first-order valence-corrected chi connectivity index (χ1v) is 3.54. The van der Waals surface area contributed by atoms with Gasteiger partial charge in [-0.3, -0.25) is 4.79 Å². The van der Waals surface area contributed by atoms with E-state index in [1.54, 1.807) is 6.92 Å². The van der Waals surface area contributed by atoms with Crippen LogP contribution >= 0.6 is 0 Å². The number of amides is 1. The van der Waals surface area contributed by atoms with Crippen LogP contribution in [0.3, 0.4) is 0 Å². The number of hydrogen-bond acceptors (Lipinski definition) is 1. The average Bonchev–Trinajstić information content (AvgIpc) is 1.87. The summed E-state index contributed by atoms with van der Waals surface area (Å²) in [5.74, 6) is -0.0469. The van der Waals surface area contributed by atoms with Crippen molar-refractivity contribution in [3.05, 3.63) is 12.2 Å². The summed E-state index contributed by atoms with van der Waals surface area (Å²) in [5, 5.41) is 2.79. The zero-order valence-electron chi connectivity index (χ0n) is 6.90. The largest absolute Gasteiger partial charge is 0.350 e. The molecule has 0 aliphatic carbocycles. The summed E-state index contributed by atoms with van der Waals surface area (Å²) in [5.41, 5.74) is 0.570. The van der Waals surface area contributed by atoms with Crippen LogP contribution < -0.4 is 5.32 Å². The zero-order chi connectivity index (χ0) is 8.15. The first-order chi connectivity index (χ1) is 4.57. The molecular formula is C8H15NO. The molecule has 0 saturated heterocycles. The quantitative estimate of drug-likeness (QED) is 0.592. The highest BCUT2D eigenvalue weighted by atomic mass is 16.1. The van der Waals surface area contributed by atoms with Gasteiger partial charge in [0.05, 0.1) is 0 Å². The molecule has 0 heterocycles. The van der Waals surface area contributed by atoms with Gasteiger partial charge in [0.15, 0.2) is 0 Å². The Balaban J connectivity index is 3.68. The molecule has 0 aromatic heterocycles. The van der Waals surface area contributed by atoms with Gasteiger partial charge in [-0.15, -0.1) is 0 Å². The van der Waals surface area contributed by atoms with Crippen molar-refractivity contribution in [1.29, 1.82) is 0 Å². The summed E-state index contributed by atoms with van der Waals surface area (Å²) in [4.78, 5) is 10.9. The molecule has 0 rings (SSSR count). The molecule has 0 aromatic carbocycles. The average molecular weight is 141 g/mol. The van der Waals surface area contributed by atoms with E-state index in [0.717, 1.165) is 6.42 Å². The Hall–Kier alpha value is -0.790. The van der Waals surface area contributed by atoms with E-state index >= 15 is 0 Å². The topological polar surface area (TPSA) is 29.1 Å². The van der Waals surface area contributed by atoms with Gasteiger partial charge in [0.2, 0.25) is 5.91 Å². The molecule has 1 unspecified atom stereocenters. The molecule has 0 radical (unpaired) electrons. The third kappa shape index (κ3) is 3.28. The molecule has 0 aliphatic heterocycles. The number of hydrogen-bond donors (Lipinski definition) is 1. The fourth-order valence-corrected chi connectivity index (χ4v) is 0.449. The third-order valence-corrected chi connectivity index (χ3v) is 1.38. The van der Waals surface area contributed by atoms with Crippen molar-refractivity contribution >= 4 is 5.91 Å². The summed E-state index contributed by atoms with van der Waals surface area (Å²) in [6.07, 6.45) is 0.957. The predicted octanol–water partition coefficient (Wildman–Crippen LogP) is 1.48. The monoisotopic (exact) mass is 141 g/mol. The molecule has 1 N–H and O–H groups in total. The van der Waals surface area contributed by atoms with Gasteiger partial charge in [-0.2, -0.15) is 0 Å². The van der Waals surface area contributed by atoms with E-state index in [0.29, 0.717) is 5.57 Å². The summed E-state index contributed by atoms with van der Waals surface area (Å²) in [6, 6.07) is 0.254. The van der Waals surface area contributed by atoms with Crippen LogP contribution in [0.25, 0.3) is 0 Å². The maximum atomic E-state index is 10.9. The summed E-state index contributed by atoms with van der Waals surface area (Å²) in [6.45, 7) is 9.24. The maximum Gasteiger partial charge on any atom is 0.246 e. The van der Waals surface area contributed by atoms with Gasteiger partial charge < -0.3 is 5.32 Å². The second kappa shape index (κ2) is 4.09. The molecule has 1 atom stereocenters. The van der Waals surface area contributed by atoms with Crippen LogP contribution in [0.2, 0.25) is 0 Å². The SMILES string of the molecule is C=C(C)C(=O)NC(C)CC. The van der Waals surface area contributed by atoms with E-state index in [9.17, 15) is 4.79 Å². The highest BCUT2D eigenvalue weighted by Crippen LogP contribution is 1.91. The Bertz CT molecular complexity index is 140. The van der Waals surface area contributed by atoms with Crippen LogP contribution in [0.1, 0.15) is 27.2 Å². The first kappa shape index (κ1) is 9.21. The lowest BCUT2D eigenvalue weighted by molar-refractivity contribution is -0.118. The van der Waals surface area contributed by atoms with Crippen LogP contribution in [-0.2, 0) is 4.79 Å². The molecule has 0 spiro atoms. The molecule has 0 aliphatic rings. The lowest BCUT2D eigenvalue weighted by Gasteiger charge is -2.10. The van der Waals surface area contributed by atoms with Crippen molar-refractivity contribution < 1.29 is 4.79 Å². The molecule has 0 aromatic rings. The van der Waals surface area contributed by atoms with E-state index in [2.05, 4.69) is 11.9 Å². The van der Waals surface area contributed by atoms with Crippen molar-refractivity contribution in [3.8, 4) is 0 Å². The minimum Gasteiger partial charge on any atom is -0.350 e. The molecule has 58 valence electrons. The molecule has 0 fully saturated rings. The molecule has 2 heteroatoms. The first-order valence-electron chi connectivity index (χ1n) is 3.54. The Morgan fingerprint density at radius 2 is 2.20 bits per heavy atom. The van der Waals surface area contributed by atoms with E-state index in [1.165, 1.54) is 0 Å². The molecular weight excluding hydrogens is 126 g/mol. The number of nitrogens with one attached hydrogen (secondary N) is 1. The van der Waals surface area contributed by atoms with Crippen LogP contribution in [-0.4, -0.2) is 11.9 Å². The van der Waals surface area contributed by atoms with Gasteiger partial charge in [0, 0.05) is 11.6 Å². The smallest absolute Gasteiger partial charge is 0.246 e. The fourth-order valence-electron chi connectivity index (χ4n) is 0.449. The van der Waals surface area contributed by atoms with Gasteiger partial charge in [-0.1, -0.05) is 13.5 Å². The molecule has 10 heavy (non-hydrogen) atoms. The van der Waals surface area contributed by atoms with Gasteiger partial charge in [-0.05, 0) is 20.3 Å². The Labute approximate surface area is 62.3 Å². The van der Waals surface area contributed by atoms with Crippen LogP contribution in [0.4, 0.5) is 0 Å². The summed E-state index contributed by atoms with van der Waals surface area (Å²) in [7, 11) is 0. The predicted molar refractivity (Wildman–Crippen MR) is 42.7 cm³/mol. The number of carbonyl (C=O) groups is 1. The van der Waals surface area contributed by atoms with Crippen LogP contribution in [0.5, 0.6) is 0 Å². The third-order valence-electron chi connectivity index (χ3n) is 1.38. The van der Waals surface area contributed by atoms with Crippen molar-refractivity contribution in [2.75, 3.05) is 0 Å². The van der Waals surface area contributed by atoms with Crippen molar-refractivity contribution in [2.24, 2.45) is 0 Å². The number of rotatable bonds is 3. The van der Waals surface area contributed by atoms with Gasteiger partial charge >= 0.3 is 0 Å².